The number of ether oxygens (including phenoxy) is 1. The molecular weight excluding hydrogens is 354 g/mol. The molecule has 6 heteroatoms. The summed E-state index contributed by atoms with van der Waals surface area (Å²) in [5, 5.41) is 2.96. The fraction of sp³-hybridized carbons (Fsp3) is 0.364. The maximum atomic E-state index is 12.5. The van der Waals surface area contributed by atoms with Crippen LogP contribution in [0.25, 0.3) is 11.0 Å². The number of carbonyl (C=O) groups excluding carboxylic acids is 1. The van der Waals surface area contributed by atoms with Gasteiger partial charge in [0.2, 0.25) is 0 Å². The first-order valence-corrected chi connectivity index (χ1v) is 9.43. The molecule has 0 spiro atoms. The van der Waals surface area contributed by atoms with Crippen molar-refractivity contribution in [3.05, 3.63) is 64.1 Å². The van der Waals surface area contributed by atoms with Crippen molar-refractivity contribution >= 4 is 16.9 Å². The third-order valence-corrected chi connectivity index (χ3v) is 4.80. The Balaban J connectivity index is 1.63. The van der Waals surface area contributed by atoms with Gasteiger partial charge in [-0.25, -0.2) is 4.79 Å². The third kappa shape index (κ3) is 4.44. The molecule has 148 valence electrons. The molecule has 0 bridgehead atoms. The van der Waals surface area contributed by atoms with E-state index in [-0.39, 0.29) is 23.1 Å². The van der Waals surface area contributed by atoms with Crippen LogP contribution in [-0.4, -0.2) is 22.0 Å². The van der Waals surface area contributed by atoms with Gasteiger partial charge in [0.05, 0.1) is 17.1 Å². The Labute approximate surface area is 164 Å². The van der Waals surface area contributed by atoms with Crippen LogP contribution in [0.3, 0.4) is 0 Å². The number of fused-ring (bicyclic) bond motifs is 1. The fourth-order valence-electron chi connectivity index (χ4n) is 3.02. The van der Waals surface area contributed by atoms with E-state index in [1.807, 2.05) is 49.4 Å². The van der Waals surface area contributed by atoms with Crippen LogP contribution in [0.2, 0.25) is 0 Å². The van der Waals surface area contributed by atoms with Crippen molar-refractivity contribution in [1.29, 1.82) is 0 Å². The largest absolute Gasteiger partial charge is 0.481 e. The SMILES string of the molecule is CC(Oc1ccc(C(C)(C)C)cc1)C(=O)NC(C)c1ccc2[nH]c(=O)[nH]c2c1. The summed E-state index contributed by atoms with van der Waals surface area (Å²) in [6.07, 6.45) is -0.626. The number of aromatic amines is 2. The van der Waals surface area contributed by atoms with Crippen molar-refractivity contribution in [2.75, 3.05) is 0 Å². The van der Waals surface area contributed by atoms with Crippen molar-refractivity contribution in [2.24, 2.45) is 0 Å². The molecule has 0 saturated carbocycles. The lowest BCUT2D eigenvalue weighted by atomic mass is 9.87. The maximum Gasteiger partial charge on any atom is 0.323 e. The Bertz CT molecular complexity index is 1030. The molecule has 6 nitrogen and oxygen atoms in total. The van der Waals surface area contributed by atoms with Gasteiger partial charge in [-0.2, -0.15) is 0 Å². The molecule has 1 aromatic heterocycles. The second-order valence-electron chi connectivity index (χ2n) is 8.15. The molecule has 2 unspecified atom stereocenters. The Morgan fingerprint density at radius 1 is 1.00 bits per heavy atom. The van der Waals surface area contributed by atoms with Gasteiger partial charge in [0, 0.05) is 0 Å². The summed E-state index contributed by atoms with van der Waals surface area (Å²) in [5.41, 5.74) is 3.39. The lowest BCUT2D eigenvalue weighted by Crippen LogP contribution is -2.37. The van der Waals surface area contributed by atoms with Gasteiger partial charge in [0.15, 0.2) is 6.10 Å². The van der Waals surface area contributed by atoms with Crippen molar-refractivity contribution in [3.8, 4) is 5.75 Å². The Morgan fingerprint density at radius 2 is 1.64 bits per heavy atom. The number of benzene rings is 2. The summed E-state index contributed by atoms with van der Waals surface area (Å²) in [5.74, 6) is 0.463. The molecule has 2 aromatic carbocycles. The van der Waals surface area contributed by atoms with E-state index in [1.165, 1.54) is 5.56 Å². The Kier molecular flexibility index (Phi) is 5.31. The van der Waals surface area contributed by atoms with E-state index in [9.17, 15) is 9.59 Å². The molecule has 0 aliphatic carbocycles. The molecular formula is C22H27N3O3. The van der Waals surface area contributed by atoms with Gasteiger partial charge >= 0.3 is 5.69 Å². The highest BCUT2D eigenvalue weighted by Gasteiger charge is 2.19. The molecule has 28 heavy (non-hydrogen) atoms. The second kappa shape index (κ2) is 7.54. The fourth-order valence-corrected chi connectivity index (χ4v) is 3.02. The van der Waals surface area contributed by atoms with Crippen molar-refractivity contribution < 1.29 is 9.53 Å². The average molecular weight is 381 g/mol. The summed E-state index contributed by atoms with van der Waals surface area (Å²) in [7, 11) is 0. The van der Waals surface area contributed by atoms with Gasteiger partial charge in [0.1, 0.15) is 5.75 Å². The zero-order valence-electron chi connectivity index (χ0n) is 16.9. The Morgan fingerprint density at radius 3 is 2.29 bits per heavy atom. The number of nitrogens with one attached hydrogen (secondary N) is 3. The molecule has 3 N–H and O–H groups in total. The van der Waals surface area contributed by atoms with Crippen LogP contribution in [0.4, 0.5) is 0 Å². The van der Waals surface area contributed by atoms with Crippen molar-refractivity contribution in [3.63, 3.8) is 0 Å². The van der Waals surface area contributed by atoms with Crippen LogP contribution in [0.5, 0.6) is 5.75 Å². The molecule has 3 aromatic rings. The zero-order valence-corrected chi connectivity index (χ0v) is 16.9. The van der Waals surface area contributed by atoms with Crippen LogP contribution in [0.15, 0.2) is 47.3 Å². The first kappa shape index (κ1) is 19.7. The minimum absolute atomic E-state index is 0.0712. The highest BCUT2D eigenvalue weighted by Crippen LogP contribution is 2.25. The van der Waals surface area contributed by atoms with Gasteiger partial charge in [-0.3, -0.25) is 4.79 Å². The van der Waals surface area contributed by atoms with E-state index >= 15 is 0 Å². The minimum atomic E-state index is -0.626. The summed E-state index contributed by atoms with van der Waals surface area (Å²) < 4.78 is 5.79. The van der Waals surface area contributed by atoms with E-state index in [2.05, 4.69) is 36.1 Å². The number of H-pyrrole nitrogens is 2. The monoisotopic (exact) mass is 381 g/mol. The molecule has 0 fully saturated rings. The van der Waals surface area contributed by atoms with E-state index < -0.39 is 6.10 Å². The zero-order chi connectivity index (χ0) is 20.5. The quantitative estimate of drug-likeness (QED) is 0.628. The molecule has 1 amide bonds. The minimum Gasteiger partial charge on any atom is -0.481 e. The predicted octanol–water partition coefficient (Wildman–Crippen LogP) is 3.80. The summed E-state index contributed by atoms with van der Waals surface area (Å²) in [4.78, 5) is 29.3. The van der Waals surface area contributed by atoms with E-state index in [1.54, 1.807) is 6.92 Å². The van der Waals surface area contributed by atoms with Crippen molar-refractivity contribution in [1.82, 2.24) is 15.3 Å². The summed E-state index contributed by atoms with van der Waals surface area (Å²) >= 11 is 0. The van der Waals surface area contributed by atoms with Crippen LogP contribution < -0.4 is 15.7 Å². The number of aromatic nitrogens is 2. The van der Waals surface area contributed by atoms with Crippen LogP contribution in [0.1, 0.15) is 51.8 Å². The highest BCUT2D eigenvalue weighted by molar-refractivity contribution is 5.81. The first-order valence-electron chi connectivity index (χ1n) is 9.43. The highest BCUT2D eigenvalue weighted by atomic mass is 16.5. The lowest BCUT2D eigenvalue weighted by Gasteiger charge is -2.21. The lowest BCUT2D eigenvalue weighted by molar-refractivity contribution is -0.127. The van der Waals surface area contributed by atoms with E-state index in [0.717, 1.165) is 11.1 Å². The average Bonchev–Trinajstić information content (AvgIpc) is 3.00. The van der Waals surface area contributed by atoms with Crippen LogP contribution in [-0.2, 0) is 10.2 Å². The van der Waals surface area contributed by atoms with Gasteiger partial charge < -0.3 is 20.0 Å². The molecule has 3 rings (SSSR count). The molecule has 0 aliphatic rings. The number of imidazole rings is 1. The predicted molar refractivity (Wildman–Crippen MR) is 111 cm³/mol. The van der Waals surface area contributed by atoms with E-state index in [4.69, 9.17) is 4.74 Å². The molecule has 1 heterocycles. The normalized spacial score (nSPS) is 13.9. The smallest absolute Gasteiger partial charge is 0.323 e. The standard InChI is InChI=1S/C22H27N3O3/c1-13(15-6-11-18-19(12-15)25-21(27)24-18)23-20(26)14(2)28-17-9-7-16(8-10-17)22(3,4)5/h6-14H,1-5H3,(H,23,26)(H2,24,25,27). The van der Waals surface area contributed by atoms with Gasteiger partial charge in [0.25, 0.3) is 5.91 Å². The maximum absolute atomic E-state index is 12.5. The van der Waals surface area contributed by atoms with Crippen LogP contribution in [0, 0.1) is 0 Å². The van der Waals surface area contributed by atoms with Gasteiger partial charge in [-0.1, -0.05) is 39.0 Å². The molecule has 2 atom stereocenters. The van der Waals surface area contributed by atoms with Crippen molar-refractivity contribution in [2.45, 2.75) is 52.2 Å². The van der Waals surface area contributed by atoms with Gasteiger partial charge in [-0.15, -0.1) is 0 Å². The number of hydrogen-bond acceptors (Lipinski definition) is 3. The number of amides is 1. The van der Waals surface area contributed by atoms with Crippen LogP contribution >= 0.6 is 0 Å². The molecule has 0 aliphatic heterocycles. The molecule has 0 radical (unpaired) electrons. The third-order valence-electron chi connectivity index (χ3n) is 4.80. The number of rotatable bonds is 5. The topological polar surface area (TPSA) is 87.0 Å². The Hall–Kier alpha value is -3.02. The summed E-state index contributed by atoms with van der Waals surface area (Å²) in [6.45, 7) is 10.1. The first-order chi connectivity index (χ1) is 13.1. The summed E-state index contributed by atoms with van der Waals surface area (Å²) in [6, 6.07) is 13.2. The second-order valence-corrected chi connectivity index (χ2v) is 8.15. The number of carbonyl (C=O) groups is 1. The van der Waals surface area contributed by atoms with E-state index in [0.29, 0.717) is 11.3 Å². The van der Waals surface area contributed by atoms with Gasteiger partial charge in [-0.05, 0) is 54.7 Å². The number of hydrogen-bond donors (Lipinski definition) is 3. The molecule has 0 saturated heterocycles.